The summed E-state index contributed by atoms with van der Waals surface area (Å²) in [5.41, 5.74) is 0.374. The minimum Gasteiger partial charge on any atom is -0.454 e. The van der Waals surface area contributed by atoms with E-state index in [1.807, 2.05) is 19.0 Å². The van der Waals surface area contributed by atoms with Gasteiger partial charge in [0.15, 0.2) is 11.5 Å². The number of hydrogen-bond donors (Lipinski definition) is 4. The molecule has 160 valence electrons. The standard InChI is InChI=1S/C19H27N3O7/c1-22(2)6-5-20-16(23)8-14-17(24)18(25)15(29-14)9-21-19(26)11-3-4-12-13(7-11)28-10-27-12/h3-4,7,14-15,17-18,24-25H,5-6,8-10H2,1-2H3,(H,20,23)(H,21,26)/t14-,15+,17+,18+/m0/s1. The minimum absolute atomic E-state index is 0.00967. The summed E-state index contributed by atoms with van der Waals surface area (Å²) in [5.74, 6) is 0.420. The van der Waals surface area contributed by atoms with Gasteiger partial charge in [0.05, 0.1) is 12.5 Å². The van der Waals surface area contributed by atoms with Gasteiger partial charge in [-0.05, 0) is 32.3 Å². The predicted octanol–water partition coefficient (Wildman–Crippen LogP) is -1.30. The zero-order valence-corrected chi connectivity index (χ0v) is 16.5. The maximum absolute atomic E-state index is 12.3. The molecule has 10 nitrogen and oxygen atoms in total. The van der Waals surface area contributed by atoms with Crippen molar-refractivity contribution < 1.29 is 34.0 Å². The highest BCUT2D eigenvalue weighted by molar-refractivity contribution is 5.94. The summed E-state index contributed by atoms with van der Waals surface area (Å²) in [4.78, 5) is 26.3. The van der Waals surface area contributed by atoms with Crippen LogP contribution in [0.25, 0.3) is 0 Å². The van der Waals surface area contributed by atoms with Crippen LogP contribution in [0.2, 0.25) is 0 Å². The van der Waals surface area contributed by atoms with E-state index < -0.39 is 24.4 Å². The van der Waals surface area contributed by atoms with Crippen molar-refractivity contribution in [2.45, 2.75) is 30.8 Å². The van der Waals surface area contributed by atoms with E-state index in [-0.39, 0.29) is 31.6 Å². The Bertz CT molecular complexity index is 743. The average molecular weight is 409 g/mol. The van der Waals surface area contributed by atoms with Crippen molar-refractivity contribution in [1.29, 1.82) is 0 Å². The fraction of sp³-hybridized carbons (Fsp3) is 0.579. The summed E-state index contributed by atoms with van der Waals surface area (Å²) in [7, 11) is 3.80. The van der Waals surface area contributed by atoms with Gasteiger partial charge in [0.2, 0.25) is 12.7 Å². The zero-order valence-electron chi connectivity index (χ0n) is 16.5. The van der Waals surface area contributed by atoms with E-state index in [9.17, 15) is 19.8 Å². The number of nitrogens with one attached hydrogen (secondary N) is 2. The number of carbonyl (C=O) groups is 2. The summed E-state index contributed by atoms with van der Waals surface area (Å²) in [6.45, 7) is 1.28. The molecule has 4 N–H and O–H groups in total. The molecule has 0 spiro atoms. The maximum Gasteiger partial charge on any atom is 0.251 e. The van der Waals surface area contributed by atoms with Gasteiger partial charge in [0.1, 0.15) is 18.3 Å². The van der Waals surface area contributed by atoms with Crippen molar-refractivity contribution in [2.24, 2.45) is 0 Å². The van der Waals surface area contributed by atoms with Crippen LogP contribution in [-0.2, 0) is 9.53 Å². The average Bonchev–Trinajstić information content (AvgIpc) is 3.25. The van der Waals surface area contributed by atoms with Crippen molar-refractivity contribution in [3.8, 4) is 11.5 Å². The van der Waals surface area contributed by atoms with Crippen molar-refractivity contribution in [1.82, 2.24) is 15.5 Å². The largest absolute Gasteiger partial charge is 0.454 e. The van der Waals surface area contributed by atoms with Crippen LogP contribution in [0.1, 0.15) is 16.8 Å². The molecule has 0 aromatic heterocycles. The highest BCUT2D eigenvalue weighted by Crippen LogP contribution is 2.32. The minimum atomic E-state index is -1.21. The van der Waals surface area contributed by atoms with Crippen molar-refractivity contribution in [2.75, 3.05) is 40.5 Å². The first-order chi connectivity index (χ1) is 13.8. The van der Waals surface area contributed by atoms with E-state index in [1.54, 1.807) is 18.2 Å². The quantitative estimate of drug-likeness (QED) is 0.417. The van der Waals surface area contributed by atoms with Gasteiger partial charge < -0.3 is 40.0 Å². The van der Waals surface area contributed by atoms with Gasteiger partial charge >= 0.3 is 0 Å². The normalized spacial score (nSPS) is 25.3. The Balaban J connectivity index is 1.47. The Morgan fingerprint density at radius 2 is 1.83 bits per heavy atom. The number of ether oxygens (including phenoxy) is 3. The maximum atomic E-state index is 12.3. The Morgan fingerprint density at radius 3 is 2.59 bits per heavy atom. The molecule has 2 aliphatic heterocycles. The molecule has 1 aromatic rings. The van der Waals surface area contributed by atoms with Gasteiger partial charge in [0.25, 0.3) is 5.91 Å². The SMILES string of the molecule is CN(C)CCNC(=O)C[C@@H]1O[C@H](CNC(=O)c2ccc3c(c2)OCO3)[C@@H](O)[C@@H]1O. The number of nitrogens with zero attached hydrogens (tertiary/aromatic N) is 1. The van der Waals surface area contributed by atoms with E-state index in [0.29, 0.717) is 30.2 Å². The first kappa shape index (κ1) is 21.3. The lowest BCUT2D eigenvalue weighted by molar-refractivity contribution is -0.125. The van der Waals surface area contributed by atoms with Gasteiger partial charge in [-0.15, -0.1) is 0 Å². The number of rotatable bonds is 8. The molecule has 0 saturated carbocycles. The smallest absolute Gasteiger partial charge is 0.251 e. The van der Waals surface area contributed by atoms with Crippen LogP contribution in [0.3, 0.4) is 0 Å². The second kappa shape index (κ2) is 9.40. The summed E-state index contributed by atoms with van der Waals surface area (Å²) in [6, 6.07) is 4.82. The second-order valence-electron chi connectivity index (χ2n) is 7.33. The zero-order chi connectivity index (χ0) is 21.0. The van der Waals surface area contributed by atoms with E-state index in [1.165, 1.54) is 0 Å². The summed E-state index contributed by atoms with van der Waals surface area (Å²) < 4.78 is 16.1. The number of carbonyl (C=O) groups excluding carboxylic acids is 2. The molecule has 2 heterocycles. The molecule has 0 aliphatic carbocycles. The van der Waals surface area contributed by atoms with Crippen LogP contribution in [0.5, 0.6) is 11.5 Å². The molecule has 10 heteroatoms. The summed E-state index contributed by atoms with van der Waals surface area (Å²) in [6.07, 6.45) is -4.13. The van der Waals surface area contributed by atoms with Crippen LogP contribution in [0.4, 0.5) is 0 Å². The van der Waals surface area contributed by atoms with E-state index >= 15 is 0 Å². The molecule has 0 unspecified atom stereocenters. The molecule has 0 radical (unpaired) electrons. The molecule has 0 bridgehead atoms. The number of aliphatic hydroxyl groups excluding tert-OH is 2. The molecule has 2 aliphatic rings. The van der Waals surface area contributed by atoms with Crippen LogP contribution >= 0.6 is 0 Å². The molecule has 1 saturated heterocycles. The molecule has 3 rings (SSSR count). The van der Waals surface area contributed by atoms with E-state index in [2.05, 4.69) is 10.6 Å². The van der Waals surface area contributed by atoms with E-state index in [4.69, 9.17) is 14.2 Å². The first-order valence-electron chi connectivity index (χ1n) is 9.46. The Kier molecular flexibility index (Phi) is 6.91. The van der Waals surface area contributed by atoms with Crippen LogP contribution in [-0.4, -0.2) is 91.9 Å². The number of likely N-dealkylation sites (N-methyl/N-ethyl adjacent to an activating group) is 1. The van der Waals surface area contributed by atoms with Crippen molar-refractivity contribution >= 4 is 11.8 Å². The van der Waals surface area contributed by atoms with Gasteiger partial charge in [0, 0.05) is 25.2 Å². The molecular formula is C19H27N3O7. The fourth-order valence-corrected chi connectivity index (χ4v) is 3.17. The molecule has 1 aromatic carbocycles. The first-order valence-corrected chi connectivity index (χ1v) is 9.46. The lowest BCUT2D eigenvalue weighted by Gasteiger charge is -2.16. The molecule has 1 fully saturated rings. The van der Waals surface area contributed by atoms with Gasteiger partial charge in [-0.2, -0.15) is 0 Å². The lowest BCUT2D eigenvalue weighted by atomic mass is 10.1. The number of hydrogen-bond acceptors (Lipinski definition) is 8. The predicted molar refractivity (Wildman–Crippen MR) is 102 cm³/mol. The fourth-order valence-electron chi connectivity index (χ4n) is 3.17. The molecule has 29 heavy (non-hydrogen) atoms. The molecular weight excluding hydrogens is 382 g/mol. The number of amides is 2. The second-order valence-corrected chi connectivity index (χ2v) is 7.33. The number of fused-ring (bicyclic) bond motifs is 1. The van der Waals surface area contributed by atoms with E-state index in [0.717, 1.165) is 0 Å². The third-order valence-electron chi connectivity index (χ3n) is 4.83. The molecule has 4 atom stereocenters. The molecule has 2 amide bonds. The highest BCUT2D eigenvalue weighted by Gasteiger charge is 2.43. The van der Waals surface area contributed by atoms with Crippen LogP contribution in [0.15, 0.2) is 18.2 Å². The van der Waals surface area contributed by atoms with Crippen LogP contribution in [0, 0.1) is 0 Å². The summed E-state index contributed by atoms with van der Waals surface area (Å²) >= 11 is 0. The number of aliphatic hydroxyl groups is 2. The lowest BCUT2D eigenvalue weighted by Crippen LogP contribution is -2.40. The van der Waals surface area contributed by atoms with Crippen LogP contribution < -0.4 is 20.1 Å². The topological polar surface area (TPSA) is 130 Å². The highest BCUT2D eigenvalue weighted by atomic mass is 16.7. The van der Waals surface area contributed by atoms with Gasteiger partial charge in [-0.1, -0.05) is 0 Å². The third kappa shape index (κ3) is 5.36. The van der Waals surface area contributed by atoms with Crippen molar-refractivity contribution in [3.05, 3.63) is 23.8 Å². The number of benzene rings is 1. The Morgan fingerprint density at radius 1 is 1.10 bits per heavy atom. The Hall–Kier alpha value is -2.40. The van der Waals surface area contributed by atoms with Gasteiger partial charge in [-0.3, -0.25) is 9.59 Å². The monoisotopic (exact) mass is 409 g/mol. The van der Waals surface area contributed by atoms with Gasteiger partial charge in [-0.25, -0.2) is 0 Å². The van der Waals surface area contributed by atoms with Crippen molar-refractivity contribution in [3.63, 3.8) is 0 Å². The Labute approximate surface area is 168 Å². The third-order valence-corrected chi connectivity index (χ3v) is 4.83. The summed E-state index contributed by atoms with van der Waals surface area (Å²) in [5, 5.41) is 25.8.